The van der Waals surface area contributed by atoms with Crippen LogP contribution in [0.4, 0.5) is 10.1 Å². The van der Waals surface area contributed by atoms with Crippen LogP contribution < -0.4 is 5.32 Å². The lowest BCUT2D eigenvalue weighted by molar-refractivity contribution is -0.123. The third-order valence-electron chi connectivity index (χ3n) is 3.96. The van der Waals surface area contributed by atoms with Gasteiger partial charge in [0.05, 0.1) is 12.3 Å². The molecule has 0 fully saturated rings. The van der Waals surface area contributed by atoms with Crippen molar-refractivity contribution in [3.8, 4) is 0 Å². The van der Waals surface area contributed by atoms with Crippen LogP contribution in [0.2, 0.25) is 0 Å². The van der Waals surface area contributed by atoms with E-state index in [1.807, 2.05) is 6.07 Å². The quantitative estimate of drug-likeness (QED) is 0.665. The highest BCUT2D eigenvalue weighted by Gasteiger charge is 2.26. The molecule has 1 N–H and O–H groups in total. The van der Waals surface area contributed by atoms with Crippen LogP contribution in [-0.2, 0) is 20.9 Å². The van der Waals surface area contributed by atoms with Gasteiger partial charge in [-0.15, -0.1) is 0 Å². The summed E-state index contributed by atoms with van der Waals surface area (Å²) in [5, 5.41) is 3.12. The fourth-order valence-corrected chi connectivity index (χ4v) is 2.62. The summed E-state index contributed by atoms with van der Waals surface area (Å²) in [6, 6.07) is 12.8. The highest BCUT2D eigenvalue weighted by Crippen LogP contribution is 2.27. The predicted molar refractivity (Wildman–Crippen MR) is 96.8 cm³/mol. The van der Waals surface area contributed by atoms with Crippen LogP contribution in [0.15, 0.2) is 52.9 Å². The average molecular weight is 371 g/mol. The first-order valence-corrected chi connectivity index (χ1v) is 8.27. The molecule has 0 spiro atoms. The van der Waals surface area contributed by atoms with E-state index in [1.165, 1.54) is 32.2 Å². The number of halogens is 1. The molecule has 0 unspecified atom stereocenters. The van der Waals surface area contributed by atoms with Gasteiger partial charge in [-0.1, -0.05) is 30.3 Å². The maximum Gasteiger partial charge on any atom is 0.375 e. The van der Waals surface area contributed by atoms with Gasteiger partial charge in [0.15, 0.2) is 6.10 Å². The van der Waals surface area contributed by atoms with Crippen molar-refractivity contribution in [1.29, 1.82) is 0 Å². The van der Waals surface area contributed by atoms with Crippen LogP contribution in [0.25, 0.3) is 11.0 Å². The number of benzene rings is 2. The Morgan fingerprint density at radius 1 is 1.15 bits per heavy atom. The summed E-state index contributed by atoms with van der Waals surface area (Å²) >= 11 is 0. The summed E-state index contributed by atoms with van der Waals surface area (Å²) in [5.41, 5.74) is 1.06. The van der Waals surface area contributed by atoms with E-state index in [0.717, 1.165) is 5.39 Å². The van der Waals surface area contributed by atoms with E-state index in [9.17, 15) is 14.0 Å². The number of furan rings is 1. The smallest absolute Gasteiger partial charge is 0.375 e. The summed E-state index contributed by atoms with van der Waals surface area (Å²) in [4.78, 5) is 24.7. The molecule has 0 aliphatic rings. The zero-order chi connectivity index (χ0) is 19.4. The van der Waals surface area contributed by atoms with Crippen LogP contribution in [-0.4, -0.2) is 25.1 Å². The molecular weight excluding hydrogens is 353 g/mol. The molecule has 7 heteroatoms. The normalized spacial score (nSPS) is 12.0. The third-order valence-corrected chi connectivity index (χ3v) is 3.96. The molecule has 27 heavy (non-hydrogen) atoms. The van der Waals surface area contributed by atoms with Crippen LogP contribution in [0, 0.1) is 5.82 Å². The highest BCUT2D eigenvalue weighted by molar-refractivity contribution is 5.99. The Hall–Kier alpha value is -3.19. The van der Waals surface area contributed by atoms with Gasteiger partial charge < -0.3 is 19.2 Å². The van der Waals surface area contributed by atoms with Crippen molar-refractivity contribution in [3.63, 3.8) is 0 Å². The Balaban J connectivity index is 1.76. The number of anilines is 1. The van der Waals surface area contributed by atoms with E-state index in [4.69, 9.17) is 13.9 Å². The number of ether oxygens (including phenoxy) is 2. The monoisotopic (exact) mass is 371 g/mol. The lowest BCUT2D eigenvalue weighted by atomic mass is 10.1. The molecule has 3 rings (SSSR count). The fourth-order valence-electron chi connectivity index (χ4n) is 2.62. The number of fused-ring (bicyclic) bond motifs is 1. The molecule has 140 valence electrons. The van der Waals surface area contributed by atoms with Crippen molar-refractivity contribution in [1.82, 2.24) is 0 Å². The van der Waals surface area contributed by atoms with Crippen LogP contribution in [0.3, 0.4) is 0 Å². The van der Waals surface area contributed by atoms with Gasteiger partial charge in [0.25, 0.3) is 5.91 Å². The van der Waals surface area contributed by atoms with Gasteiger partial charge >= 0.3 is 5.97 Å². The second kappa shape index (κ2) is 8.01. The molecule has 3 aromatic rings. The summed E-state index contributed by atoms with van der Waals surface area (Å²) < 4.78 is 29.6. The molecule has 1 atom stereocenters. The van der Waals surface area contributed by atoms with Crippen LogP contribution >= 0.6 is 0 Å². The van der Waals surface area contributed by atoms with Crippen LogP contribution in [0.5, 0.6) is 0 Å². The molecular formula is C20H18FNO5. The SMILES string of the molecule is COCc1c(C(=O)O[C@H](C)C(=O)Nc2ccccc2F)oc2ccccc12. The number of amides is 1. The summed E-state index contributed by atoms with van der Waals surface area (Å²) in [5.74, 6) is -2.06. The molecule has 0 saturated heterocycles. The van der Waals surface area contributed by atoms with Crippen molar-refractivity contribution in [2.75, 3.05) is 12.4 Å². The second-order valence-corrected chi connectivity index (χ2v) is 5.86. The van der Waals surface area contributed by atoms with E-state index in [-0.39, 0.29) is 18.1 Å². The van der Waals surface area contributed by atoms with E-state index in [0.29, 0.717) is 11.1 Å². The number of hydrogen-bond donors (Lipinski definition) is 1. The number of hydrogen-bond acceptors (Lipinski definition) is 5. The molecule has 2 aromatic carbocycles. The lowest BCUT2D eigenvalue weighted by Crippen LogP contribution is -2.30. The Morgan fingerprint density at radius 3 is 2.59 bits per heavy atom. The van der Waals surface area contributed by atoms with Gasteiger partial charge in [-0.3, -0.25) is 4.79 Å². The van der Waals surface area contributed by atoms with E-state index >= 15 is 0 Å². The fraction of sp³-hybridized carbons (Fsp3) is 0.200. The number of nitrogens with one attached hydrogen (secondary N) is 1. The summed E-state index contributed by atoms with van der Waals surface area (Å²) in [7, 11) is 1.50. The Labute approximate surface area is 154 Å². The van der Waals surface area contributed by atoms with Gasteiger partial charge in [-0.05, 0) is 25.1 Å². The Morgan fingerprint density at radius 2 is 1.85 bits per heavy atom. The molecule has 0 radical (unpaired) electrons. The number of methoxy groups -OCH3 is 1. The zero-order valence-corrected chi connectivity index (χ0v) is 14.8. The minimum absolute atomic E-state index is 0.00853. The third kappa shape index (κ3) is 3.98. The Bertz CT molecular complexity index is 981. The predicted octanol–water partition coefficient (Wildman–Crippen LogP) is 3.90. The van der Waals surface area contributed by atoms with E-state index < -0.39 is 23.8 Å². The first kappa shape index (κ1) is 18.6. The van der Waals surface area contributed by atoms with Gasteiger partial charge in [0.1, 0.15) is 11.4 Å². The summed E-state index contributed by atoms with van der Waals surface area (Å²) in [6.45, 7) is 1.55. The van der Waals surface area contributed by atoms with Gasteiger partial charge in [-0.2, -0.15) is 0 Å². The Kier molecular flexibility index (Phi) is 5.52. The van der Waals surface area contributed by atoms with Crippen molar-refractivity contribution in [2.24, 2.45) is 0 Å². The first-order chi connectivity index (χ1) is 13.0. The summed E-state index contributed by atoms with van der Waals surface area (Å²) in [6.07, 6.45) is -1.15. The topological polar surface area (TPSA) is 77.8 Å². The minimum atomic E-state index is -1.15. The number of carbonyl (C=O) groups is 2. The molecule has 6 nitrogen and oxygen atoms in total. The molecule has 0 saturated carbocycles. The van der Waals surface area contributed by atoms with Gasteiger partial charge in [0, 0.05) is 18.1 Å². The first-order valence-electron chi connectivity index (χ1n) is 8.27. The number of para-hydroxylation sites is 2. The molecule has 1 heterocycles. The number of carbonyl (C=O) groups excluding carboxylic acids is 2. The second-order valence-electron chi connectivity index (χ2n) is 5.86. The number of rotatable bonds is 6. The standard InChI is InChI=1S/C20H18FNO5/c1-12(19(23)22-16-9-5-4-8-15(16)21)26-20(24)18-14(11-25-2)13-7-3-6-10-17(13)27-18/h3-10,12H,11H2,1-2H3,(H,22,23)/t12-/m1/s1. The van der Waals surface area contributed by atoms with Crippen molar-refractivity contribution >= 4 is 28.5 Å². The van der Waals surface area contributed by atoms with Gasteiger partial charge in [-0.25, -0.2) is 9.18 Å². The molecule has 1 aromatic heterocycles. The maximum absolute atomic E-state index is 13.6. The molecule has 1 amide bonds. The molecule has 0 bridgehead atoms. The van der Waals surface area contributed by atoms with E-state index in [1.54, 1.807) is 24.3 Å². The largest absolute Gasteiger partial charge is 0.449 e. The van der Waals surface area contributed by atoms with Crippen LogP contribution in [0.1, 0.15) is 23.0 Å². The lowest BCUT2D eigenvalue weighted by Gasteiger charge is -2.13. The number of esters is 1. The van der Waals surface area contributed by atoms with Crippen molar-refractivity contribution < 1.29 is 27.9 Å². The zero-order valence-electron chi connectivity index (χ0n) is 14.8. The molecule has 0 aliphatic carbocycles. The van der Waals surface area contributed by atoms with Crippen molar-refractivity contribution in [3.05, 3.63) is 65.7 Å². The molecule has 0 aliphatic heterocycles. The van der Waals surface area contributed by atoms with E-state index in [2.05, 4.69) is 5.32 Å². The average Bonchev–Trinajstić information content (AvgIpc) is 3.03. The van der Waals surface area contributed by atoms with Crippen molar-refractivity contribution in [2.45, 2.75) is 19.6 Å². The van der Waals surface area contributed by atoms with Gasteiger partial charge in [0.2, 0.25) is 5.76 Å². The maximum atomic E-state index is 13.6. The highest BCUT2D eigenvalue weighted by atomic mass is 19.1. The minimum Gasteiger partial charge on any atom is -0.449 e.